The largest absolute Gasteiger partial charge is 0.381 e. The lowest BCUT2D eigenvalue weighted by molar-refractivity contribution is 0.0967. The van der Waals surface area contributed by atoms with E-state index in [1.165, 1.54) is 51.4 Å². The maximum atomic E-state index is 12.8. The minimum atomic E-state index is -3.13. The molecule has 4 rings (SSSR count). The van der Waals surface area contributed by atoms with Crippen molar-refractivity contribution in [2.24, 2.45) is 5.41 Å². The number of hydrogen-bond acceptors (Lipinski definition) is 4. The van der Waals surface area contributed by atoms with Crippen LogP contribution in [-0.2, 0) is 14.8 Å². The third kappa shape index (κ3) is 4.13. The van der Waals surface area contributed by atoms with Crippen molar-refractivity contribution in [1.82, 2.24) is 9.62 Å². The summed E-state index contributed by atoms with van der Waals surface area (Å²) in [5.74, 6) is 0. The molecular weight excluding hydrogens is 348 g/mol. The molecule has 6 heteroatoms. The Hall–Kier alpha value is -0.170. The van der Waals surface area contributed by atoms with Gasteiger partial charge in [-0.1, -0.05) is 12.8 Å². The Morgan fingerprint density at radius 3 is 2.00 bits per heavy atom. The molecular formula is C20H36N2O3S. The Kier molecular flexibility index (Phi) is 5.94. The summed E-state index contributed by atoms with van der Waals surface area (Å²) >= 11 is 0. The van der Waals surface area contributed by atoms with Crippen molar-refractivity contribution in [3.05, 3.63) is 0 Å². The molecule has 0 amide bonds. The van der Waals surface area contributed by atoms with Gasteiger partial charge in [-0.05, 0) is 69.6 Å². The molecule has 150 valence electrons. The van der Waals surface area contributed by atoms with Gasteiger partial charge < -0.3 is 10.1 Å². The highest BCUT2D eigenvalue weighted by molar-refractivity contribution is 7.89. The molecule has 2 aliphatic carbocycles. The lowest BCUT2D eigenvalue weighted by Crippen LogP contribution is -2.51. The van der Waals surface area contributed by atoms with Crippen molar-refractivity contribution >= 4 is 10.0 Å². The first-order chi connectivity index (χ1) is 12.6. The van der Waals surface area contributed by atoms with Gasteiger partial charge in [0.05, 0.1) is 5.25 Å². The summed E-state index contributed by atoms with van der Waals surface area (Å²) in [6.07, 6.45) is 14.5. The molecule has 2 aliphatic heterocycles. The monoisotopic (exact) mass is 384 g/mol. The Morgan fingerprint density at radius 2 is 1.38 bits per heavy atom. The Bertz CT molecular complexity index is 550. The quantitative estimate of drug-likeness (QED) is 0.809. The van der Waals surface area contributed by atoms with Crippen molar-refractivity contribution < 1.29 is 13.2 Å². The maximum absolute atomic E-state index is 12.8. The first kappa shape index (κ1) is 19.2. The van der Waals surface area contributed by atoms with E-state index in [9.17, 15) is 8.42 Å². The highest BCUT2D eigenvalue weighted by atomic mass is 32.2. The van der Waals surface area contributed by atoms with E-state index in [4.69, 9.17) is 4.74 Å². The molecule has 0 unspecified atom stereocenters. The minimum Gasteiger partial charge on any atom is -0.381 e. The van der Waals surface area contributed by atoms with Crippen LogP contribution in [0.2, 0.25) is 0 Å². The summed E-state index contributed by atoms with van der Waals surface area (Å²) in [6.45, 7) is 2.55. The normalized spacial score (nSPS) is 30.2. The molecule has 5 nitrogen and oxygen atoms in total. The molecule has 2 saturated heterocycles. The highest BCUT2D eigenvalue weighted by Crippen LogP contribution is 2.49. The summed E-state index contributed by atoms with van der Waals surface area (Å²) < 4.78 is 32.7. The van der Waals surface area contributed by atoms with Gasteiger partial charge in [0.25, 0.3) is 0 Å². The second-order valence-electron chi connectivity index (χ2n) is 9.18. The number of piperidine rings is 1. The van der Waals surface area contributed by atoms with Gasteiger partial charge in [0.15, 0.2) is 0 Å². The zero-order valence-electron chi connectivity index (χ0n) is 16.1. The van der Waals surface area contributed by atoms with Crippen LogP contribution in [0.5, 0.6) is 0 Å². The molecule has 0 aromatic rings. The molecule has 0 aromatic carbocycles. The van der Waals surface area contributed by atoms with E-state index in [2.05, 4.69) is 5.32 Å². The van der Waals surface area contributed by atoms with Gasteiger partial charge >= 0.3 is 0 Å². The number of sulfonamides is 1. The maximum Gasteiger partial charge on any atom is 0.217 e. The lowest BCUT2D eigenvalue weighted by Gasteiger charge is -2.40. The van der Waals surface area contributed by atoms with E-state index < -0.39 is 10.0 Å². The van der Waals surface area contributed by atoms with Gasteiger partial charge in [-0.2, -0.15) is 0 Å². The smallest absolute Gasteiger partial charge is 0.217 e. The van der Waals surface area contributed by atoms with Crippen molar-refractivity contribution in [2.45, 2.75) is 94.4 Å². The minimum absolute atomic E-state index is 0.221. The van der Waals surface area contributed by atoms with Crippen LogP contribution in [0.1, 0.15) is 77.0 Å². The van der Waals surface area contributed by atoms with E-state index in [-0.39, 0.29) is 5.25 Å². The van der Waals surface area contributed by atoms with Crippen molar-refractivity contribution in [1.29, 1.82) is 0 Å². The molecule has 0 atom stereocenters. The topological polar surface area (TPSA) is 58.6 Å². The Labute approximate surface area is 159 Å². The van der Waals surface area contributed by atoms with Crippen LogP contribution >= 0.6 is 0 Å². The van der Waals surface area contributed by atoms with E-state index in [1.54, 1.807) is 4.31 Å². The number of hydrogen-bond donors (Lipinski definition) is 1. The molecule has 0 radical (unpaired) electrons. The zero-order valence-corrected chi connectivity index (χ0v) is 16.9. The molecule has 1 N–H and O–H groups in total. The predicted molar refractivity (Wildman–Crippen MR) is 104 cm³/mol. The Balaban J connectivity index is 1.22. The van der Waals surface area contributed by atoms with E-state index in [1.807, 2.05) is 0 Å². The summed E-state index contributed by atoms with van der Waals surface area (Å²) in [5.41, 5.74) is 0.694. The van der Waals surface area contributed by atoms with Gasteiger partial charge in [-0.3, -0.25) is 0 Å². The number of ether oxygens (including phenoxy) is 1. The molecule has 4 fully saturated rings. The summed E-state index contributed by atoms with van der Waals surface area (Å²) in [6, 6.07) is 1.16. The van der Waals surface area contributed by atoms with Gasteiger partial charge in [-0.15, -0.1) is 0 Å². The molecule has 1 spiro atoms. The molecule has 2 saturated carbocycles. The fourth-order valence-corrected chi connectivity index (χ4v) is 7.75. The zero-order chi connectivity index (χ0) is 18.0. The fourth-order valence-electron chi connectivity index (χ4n) is 5.82. The lowest BCUT2D eigenvalue weighted by atomic mass is 9.71. The van der Waals surface area contributed by atoms with Crippen LogP contribution in [-0.4, -0.2) is 56.4 Å². The van der Waals surface area contributed by atoms with Crippen LogP contribution in [0, 0.1) is 5.41 Å². The average Bonchev–Trinajstić information content (AvgIpc) is 3.13. The van der Waals surface area contributed by atoms with Crippen LogP contribution in [0.25, 0.3) is 0 Å². The first-order valence-corrected chi connectivity index (χ1v) is 12.4. The van der Waals surface area contributed by atoms with E-state index in [0.29, 0.717) is 56.6 Å². The molecule has 0 bridgehead atoms. The first-order valence-electron chi connectivity index (χ1n) is 10.9. The second-order valence-corrected chi connectivity index (χ2v) is 11.4. The van der Waals surface area contributed by atoms with Gasteiger partial charge in [0.2, 0.25) is 10.0 Å². The van der Waals surface area contributed by atoms with Crippen molar-refractivity contribution in [3.8, 4) is 0 Å². The SMILES string of the molecule is O=S(=O)(C1CCOCC1)N1CCC(NC2CCC3(CCCC3)CC2)CC1. The predicted octanol–water partition coefficient (Wildman–Crippen LogP) is 3.05. The number of rotatable bonds is 4. The van der Waals surface area contributed by atoms with Gasteiger partial charge in [0.1, 0.15) is 0 Å². The molecule has 2 heterocycles. The fraction of sp³-hybridized carbons (Fsp3) is 1.00. The summed E-state index contributed by atoms with van der Waals surface area (Å²) in [5, 5.41) is 3.65. The summed E-state index contributed by atoms with van der Waals surface area (Å²) in [4.78, 5) is 0. The summed E-state index contributed by atoms with van der Waals surface area (Å²) in [7, 11) is -3.13. The molecule has 26 heavy (non-hydrogen) atoms. The standard InChI is InChI=1S/C20H36N2O3S/c23-26(24,19-7-15-25-16-8-19)22-13-5-18(6-14-22)21-17-3-11-20(12-4-17)9-1-2-10-20/h17-19,21H,1-16H2. The molecule has 4 aliphatic rings. The number of nitrogens with one attached hydrogen (secondary N) is 1. The van der Waals surface area contributed by atoms with Crippen LogP contribution < -0.4 is 5.32 Å². The van der Waals surface area contributed by atoms with E-state index in [0.717, 1.165) is 12.8 Å². The number of nitrogens with zero attached hydrogens (tertiary/aromatic N) is 1. The van der Waals surface area contributed by atoms with Gasteiger partial charge in [-0.25, -0.2) is 12.7 Å². The van der Waals surface area contributed by atoms with Crippen LogP contribution in [0.15, 0.2) is 0 Å². The van der Waals surface area contributed by atoms with Crippen molar-refractivity contribution in [2.75, 3.05) is 26.3 Å². The van der Waals surface area contributed by atoms with Crippen molar-refractivity contribution in [3.63, 3.8) is 0 Å². The third-order valence-corrected chi connectivity index (χ3v) is 9.98. The third-order valence-electron chi connectivity index (χ3n) is 7.59. The average molecular weight is 385 g/mol. The Morgan fingerprint density at radius 1 is 0.808 bits per heavy atom. The highest BCUT2D eigenvalue weighted by Gasteiger charge is 2.39. The van der Waals surface area contributed by atoms with Crippen LogP contribution in [0.4, 0.5) is 0 Å². The molecule has 0 aromatic heterocycles. The van der Waals surface area contributed by atoms with E-state index >= 15 is 0 Å². The second kappa shape index (κ2) is 8.06. The van der Waals surface area contributed by atoms with Gasteiger partial charge in [0, 0.05) is 38.4 Å². The van der Waals surface area contributed by atoms with Crippen LogP contribution in [0.3, 0.4) is 0 Å².